The maximum absolute atomic E-state index is 6.09. The van der Waals surface area contributed by atoms with Gasteiger partial charge in [-0.15, -0.1) is 0 Å². The van der Waals surface area contributed by atoms with Crippen LogP contribution in [0.3, 0.4) is 0 Å². The smallest absolute Gasteiger partial charge is 0.0675 e. The maximum atomic E-state index is 6.09. The molecule has 1 saturated carbocycles. The van der Waals surface area contributed by atoms with Gasteiger partial charge in [-0.05, 0) is 37.2 Å². The fourth-order valence-electron chi connectivity index (χ4n) is 3.23. The molecular weight excluding hydrogens is 210 g/mol. The van der Waals surface area contributed by atoms with Crippen molar-refractivity contribution < 1.29 is 4.74 Å². The topological polar surface area (TPSA) is 35.2 Å². The molecule has 1 aliphatic carbocycles. The van der Waals surface area contributed by atoms with E-state index in [0.29, 0.717) is 6.10 Å². The van der Waals surface area contributed by atoms with Gasteiger partial charge in [0, 0.05) is 18.6 Å². The van der Waals surface area contributed by atoms with E-state index in [1.165, 1.54) is 18.4 Å². The summed E-state index contributed by atoms with van der Waals surface area (Å²) in [5.74, 6) is 0.782. The second-order valence-electron chi connectivity index (χ2n) is 5.61. The highest BCUT2D eigenvalue weighted by molar-refractivity contribution is 5.18. The summed E-state index contributed by atoms with van der Waals surface area (Å²) in [4.78, 5) is 0. The number of nitrogens with two attached hydrogens (primary N) is 1. The fraction of sp³-hybridized carbons (Fsp3) is 0.600. The molecule has 1 aromatic rings. The van der Waals surface area contributed by atoms with Crippen LogP contribution in [-0.4, -0.2) is 19.3 Å². The van der Waals surface area contributed by atoms with Crippen LogP contribution in [0.15, 0.2) is 30.3 Å². The Hall–Kier alpha value is -0.860. The molecule has 0 bridgehead atoms. The molecule has 1 aromatic carbocycles. The molecule has 2 unspecified atom stereocenters. The zero-order valence-corrected chi connectivity index (χ0v) is 10.3. The Bertz CT molecular complexity index is 374. The van der Waals surface area contributed by atoms with Crippen LogP contribution in [0.1, 0.15) is 24.8 Å². The lowest BCUT2D eigenvalue weighted by molar-refractivity contribution is 0.0345. The molecule has 3 rings (SSSR count). The molecule has 1 heterocycles. The van der Waals surface area contributed by atoms with Crippen molar-refractivity contribution in [2.45, 2.75) is 31.8 Å². The van der Waals surface area contributed by atoms with E-state index in [-0.39, 0.29) is 5.41 Å². The fourth-order valence-corrected chi connectivity index (χ4v) is 3.23. The zero-order valence-electron chi connectivity index (χ0n) is 10.3. The van der Waals surface area contributed by atoms with Crippen LogP contribution < -0.4 is 5.73 Å². The average molecular weight is 231 g/mol. The van der Waals surface area contributed by atoms with E-state index in [1.807, 2.05) is 0 Å². The molecule has 2 atom stereocenters. The summed E-state index contributed by atoms with van der Waals surface area (Å²) in [5, 5.41) is 0. The molecule has 2 nitrogen and oxygen atoms in total. The summed E-state index contributed by atoms with van der Waals surface area (Å²) < 4.78 is 5.98. The van der Waals surface area contributed by atoms with Gasteiger partial charge in [-0.25, -0.2) is 0 Å². The predicted octanol–water partition coefficient (Wildman–Crippen LogP) is 2.37. The highest BCUT2D eigenvalue weighted by atomic mass is 16.5. The predicted molar refractivity (Wildman–Crippen MR) is 68.7 cm³/mol. The van der Waals surface area contributed by atoms with Crippen molar-refractivity contribution in [2.75, 3.05) is 13.2 Å². The van der Waals surface area contributed by atoms with Gasteiger partial charge in [-0.2, -0.15) is 0 Å². The summed E-state index contributed by atoms with van der Waals surface area (Å²) in [6, 6.07) is 10.7. The van der Waals surface area contributed by atoms with Crippen LogP contribution in [0.5, 0.6) is 0 Å². The van der Waals surface area contributed by atoms with Crippen LogP contribution in [0.4, 0.5) is 0 Å². The lowest BCUT2D eigenvalue weighted by Gasteiger charge is -2.33. The van der Waals surface area contributed by atoms with Crippen molar-refractivity contribution in [1.82, 2.24) is 0 Å². The van der Waals surface area contributed by atoms with Crippen LogP contribution in [0.25, 0.3) is 0 Å². The van der Waals surface area contributed by atoms with E-state index >= 15 is 0 Å². The molecule has 2 heteroatoms. The molecule has 0 amide bonds. The number of hydrogen-bond donors (Lipinski definition) is 1. The van der Waals surface area contributed by atoms with Gasteiger partial charge in [-0.1, -0.05) is 30.3 Å². The average Bonchev–Trinajstić information content (AvgIpc) is 3.13. The Balaban J connectivity index is 1.81. The SMILES string of the molecule is NCC1(Cc2ccccc2)CCOC1C1CC1. The number of ether oxygens (including phenoxy) is 1. The van der Waals surface area contributed by atoms with E-state index in [0.717, 1.165) is 31.9 Å². The number of rotatable bonds is 4. The quantitative estimate of drug-likeness (QED) is 0.863. The largest absolute Gasteiger partial charge is 0.377 e. The molecule has 92 valence electrons. The first-order chi connectivity index (χ1) is 8.34. The lowest BCUT2D eigenvalue weighted by atomic mass is 9.74. The molecule has 2 fully saturated rings. The summed E-state index contributed by atoms with van der Waals surface area (Å²) in [6.45, 7) is 1.65. The van der Waals surface area contributed by atoms with Gasteiger partial charge in [0.15, 0.2) is 0 Å². The third kappa shape index (κ3) is 2.12. The zero-order chi connectivity index (χ0) is 11.7. The third-order valence-corrected chi connectivity index (χ3v) is 4.36. The monoisotopic (exact) mass is 231 g/mol. The van der Waals surface area contributed by atoms with E-state index in [4.69, 9.17) is 10.5 Å². The van der Waals surface area contributed by atoms with Crippen molar-refractivity contribution >= 4 is 0 Å². The summed E-state index contributed by atoms with van der Waals surface area (Å²) in [7, 11) is 0. The van der Waals surface area contributed by atoms with Gasteiger partial charge < -0.3 is 10.5 Å². The van der Waals surface area contributed by atoms with Gasteiger partial charge in [0.05, 0.1) is 6.10 Å². The molecule has 0 spiro atoms. The number of hydrogen-bond acceptors (Lipinski definition) is 2. The second-order valence-corrected chi connectivity index (χ2v) is 5.61. The Kier molecular flexibility index (Phi) is 2.93. The van der Waals surface area contributed by atoms with Crippen molar-refractivity contribution in [3.63, 3.8) is 0 Å². The maximum Gasteiger partial charge on any atom is 0.0675 e. The minimum atomic E-state index is 0.197. The molecule has 2 aliphatic rings. The molecule has 0 aromatic heterocycles. The van der Waals surface area contributed by atoms with Crippen LogP contribution in [0, 0.1) is 11.3 Å². The van der Waals surface area contributed by atoms with Crippen LogP contribution >= 0.6 is 0 Å². The van der Waals surface area contributed by atoms with E-state index < -0.39 is 0 Å². The molecule has 1 aliphatic heterocycles. The Morgan fingerprint density at radius 1 is 1.24 bits per heavy atom. The molecular formula is C15H21NO. The number of benzene rings is 1. The minimum Gasteiger partial charge on any atom is -0.377 e. The highest BCUT2D eigenvalue weighted by Gasteiger charge is 2.49. The lowest BCUT2D eigenvalue weighted by Crippen LogP contribution is -2.41. The first-order valence-electron chi connectivity index (χ1n) is 6.70. The Morgan fingerprint density at radius 3 is 2.65 bits per heavy atom. The van der Waals surface area contributed by atoms with E-state index in [1.54, 1.807) is 0 Å². The molecule has 1 saturated heterocycles. The minimum absolute atomic E-state index is 0.197. The van der Waals surface area contributed by atoms with Crippen molar-refractivity contribution in [1.29, 1.82) is 0 Å². The first-order valence-corrected chi connectivity index (χ1v) is 6.70. The molecule has 2 N–H and O–H groups in total. The highest BCUT2D eigenvalue weighted by Crippen LogP contribution is 2.48. The third-order valence-electron chi connectivity index (χ3n) is 4.36. The second kappa shape index (κ2) is 4.43. The van der Waals surface area contributed by atoms with Gasteiger partial charge in [0.1, 0.15) is 0 Å². The van der Waals surface area contributed by atoms with Crippen molar-refractivity contribution in [3.05, 3.63) is 35.9 Å². The van der Waals surface area contributed by atoms with Gasteiger partial charge in [0.2, 0.25) is 0 Å². The molecule has 17 heavy (non-hydrogen) atoms. The van der Waals surface area contributed by atoms with Gasteiger partial charge >= 0.3 is 0 Å². The Labute approximate surface area is 103 Å². The van der Waals surface area contributed by atoms with E-state index in [2.05, 4.69) is 30.3 Å². The summed E-state index contributed by atoms with van der Waals surface area (Å²) in [5.41, 5.74) is 7.69. The molecule has 0 radical (unpaired) electrons. The van der Waals surface area contributed by atoms with Crippen LogP contribution in [-0.2, 0) is 11.2 Å². The summed E-state index contributed by atoms with van der Waals surface area (Å²) in [6.07, 6.45) is 5.28. The summed E-state index contributed by atoms with van der Waals surface area (Å²) >= 11 is 0. The first kappa shape index (κ1) is 11.2. The van der Waals surface area contributed by atoms with Gasteiger partial charge in [0.25, 0.3) is 0 Å². The van der Waals surface area contributed by atoms with Gasteiger partial charge in [-0.3, -0.25) is 0 Å². The Morgan fingerprint density at radius 2 is 2.00 bits per heavy atom. The van der Waals surface area contributed by atoms with E-state index in [9.17, 15) is 0 Å². The van der Waals surface area contributed by atoms with Crippen LogP contribution in [0.2, 0.25) is 0 Å². The standard InChI is InChI=1S/C15H21NO/c16-11-15(10-12-4-2-1-3-5-12)8-9-17-14(15)13-6-7-13/h1-5,13-14H,6-11,16H2. The normalized spacial score (nSPS) is 32.9. The van der Waals surface area contributed by atoms with Crippen molar-refractivity contribution in [2.24, 2.45) is 17.1 Å². The van der Waals surface area contributed by atoms with Crippen molar-refractivity contribution in [3.8, 4) is 0 Å².